The zero-order valence-corrected chi connectivity index (χ0v) is 8.53. The van der Waals surface area contributed by atoms with Crippen LogP contribution in [0.4, 0.5) is 0 Å². The highest BCUT2D eigenvalue weighted by atomic mass is 16.5. The van der Waals surface area contributed by atoms with Crippen LogP contribution in [0.2, 0.25) is 0 Å². The Morgan fingerprint density at radius 2 is 2.14 bits per heavy atom. The average Bonchev–Trinajstić information content (AvgIpc) is 2.46. The normalized spacial score (nSPS) is 41.9. The second kappa shape index (κ2) is 3.87. The summed E-state index contributed by atoms with van der Waals surface area (Å²) < 4.78 is 5.18. The smallest absolute Gasteiger partial charge is 0.223 e. The zero-order chi connectivity index (χ0) is 10.1. The topological polar surface area (TPSA) is 64.3 Å². The van der Waals surface area contributed by atoms with Gasteiger partial charge in [0.25, 0.3) is 0 Å². The first-order valence-electron chi connectivity index (χ1n) is 5.30. The molecule has 0 aromatic rings. The molecule has 0 radical (unpaired) electrons. The van der Waals surface area contributed by atoms with E-state index in [0.717, 1.165) is 12.8 Å². The maximum atomic E-state index is 11.7. The van der Waals surface area contributed by atoms with Gasteiger partial charge in [-0.2, -0.15) is 0 Å². The predicted molar refractivity (Wildman–Crippen MR) is 52.6 cm³/mol. The highest BCUT2D eigenvalue weighted by Crippen LogP contribution is 2.33. The van der Waals surface area contributed by atoms with E-state index in [4.69, 9.17) is 10.5 Å². The van der Waals surface area contributed by atoms with E-state index >= 15 is 0 Å². The lowest BCUT2D eigenvalue weighted by Crippen LogP contribution is -2.50. The van der Waals surface area contributed by atoms with Gasteiger partial charge in [0.2, 0.25) is 5.91 Å². The van der Waals surface area contributed by atoms with Gasteiger partial charge in [-0.05, 0) is 18.8 Å². The molecule has 1 saturated heterocycles. The maximum Gasteiger partial charge on any atom is 0.223 e. The van der Waals surface area contributed by atoms with Gasteiger partial charge in [-0.15, -0.1) is 0 Å². The molecular weight excluding hydrogens is 180 g/mol. The fraction of sp³-hybridized carbons (Fsp3) is 0.900. The maximum absolute atomic E-state index is 11.7. The number of nitrogens with one attached hydrogen (secondary N) is 1. The molecule has 2 aliphatic rings. The Balaban J connectivity index is 1.77. The molecule has 0 bridgehead atoms. The van der Waals surface area contributed by atoms with Crippen LogP contribution in [0.1, 0.15) is 19.8 Å². The average molecular weight is 198 g/mol. The summed E-state index contributed by atoms with van der Waals surface area (Å²) in [5.41, 5.74) is 5.77. The van der Waals surface area contributed by atoms with E-state index in [0.29, 0.717) is 19.1 Å². The van der Waals surface area contributed by atoms with E-state index in [1.54, 1.807) is 0 Å². The summed E-state index contributed by atoms with van der Waals surface area (Å²) in [5, 5.41) is 2.96. The summed E-state index contributed by atoms with van der Waals surface area (Å²) in [5.74, 6) is 1.09. The molecule has 1 amide bonds. The monoisotopic (exact) mass is 198 g/mol. The SMILES string of the molecule is CC1CC(C(=O)NC2COCC2N)C1. The Labute approximate surface area is 84.2 Å². The minimum atomic E-state index is -0.0311. The zero-order valence-electron chi connectivity index (χ0n) is 8.53. The minimum absolute atomic E-state index is 0.0263. The van der Waals surface area contributed by atoms with Crippen molar-refractivity contribution in [2.45, 2.75) is 31.8 Å². The lowest BCUT2D eigenvalue weighted by molar-refractivity contribution is -0.129. The predicted octanol–water partition coefficient (Wildman–Crippen LogP) is -0.125. The largest absolute Gasteiger partial charge is 0.378 e. The van der Waals surface area contributed by atoms with Gasteiger partial charge in [0.15, 0.2) is 0 Å². The first-order valence-corrected chi connectivity index (χ1v) is 5.30. The molecule has 1 aliphatic heterocycles. The molecule has 0 spiro atoms. The molecule has 2 unspecified atom stereocenters. The summed E-state index contributed by atoms with van der Waals surface area (Å²) in [6, 6.07) is -0.00476. The Hall–Kier alpha value is -0.610. The second-order valence-electron chi connectivity index (χ2n) is 4.59. The fourth-order valence-electron chi connectivity index (χ4n) is 2.14. The molecule has 2 rings (SSSR count). The Bertz CT molecular complexity index is 226. The number of nitrogens with two attached hydrogens (primary N) is 1. The van der Waals surface area contributed by atoms with Crippen LogP contribution in [-0.2, 0) is 9.53 Å². The van der Waals surface area contributed by atoms with Crippen molar-refractivity contribution in [3.63, 3.8) is 0 Å². The summed E-state index contributed by atoms with van der Waals surface area (Å²) in [4.78, 5) is 11.7. The van der Waals surface area contributed by atoms with E-state index < -0.39 is 0 Å². The minimum Gasteiger partial charge on any atom is -0.378 e. The number of ether oxygens (including phenoxy) is 1. The van der Waals surface area contributed by atoms with Crippen LogP contribution in [-0.4, -0.2) is 31.2 Å². The van der Waals surface area contributed by atoms with Gasteiger partial charge in [-0.3, -0.25) is 4.79 Å². The van der Waals surface area contributed by atoms with Crippen LogP contribution in [0.3, 0.4) is 0 Å². The third-order valence-electron chi connectivity index (χ3n) is 3.20. The van der Waals surface area contributed by atoms with Gasteiger partial charge in [-0.25, -0.2) is 0 Å². The van der Waals surface area contributed by atoms with Gasteiger partial charge in [-0.1, -0.05) is 6.92 Å². The molecule has 3 N–H and O–H groups in total. The van der Waals surface area contributed by atoms with Crippen molar-refractivity contribution in [2.24, 2.45) is 17.6 Å². The van der Waals surface area contributed by atoms with Gasteiger partial charge in [0.05, 0.1) is 25.3 Å². The summed E-state index contributed by atoms with van der Waals surface area (Å²) >= 11 is 0. The summed E-state index contributed by atoms with van der Waals surface area (Å²) in [6.07, 6.45) is 2.04. The van der Waals surface area contributed by atoms with E-state index in [1.807, 2.05) is 0 Å². The number of amides is 1. The van der Waals surface area contributed by atoms with Crippen LogP contribution in [0.15, 0.2) is 0 Å². The lowest BCUT2D eigenvalue weighted by Gasteiger charge is -2.32. The molecule has 0 aromatic carbocycles. The van der Waals surface area contributed by atoms with Crippen molar-refractivity contribution >= 4 is 5.91 Å². The third kappa shape index (κ3) is 1.91. The molecule has 4 nitrogen and oxygen atoms in total. The molecule has 2 fully saturated rings. The van der Waals surface area contributed by atoms with Crippen molar-refractivity contribution in [3.8, 4) is 0 Å². The number of hydrogen-bond donors (Lipinski definition) is 2. The molecule has 1 saturated carbocycles. The van der Waals surface area contributed by atoms with E-state index in [1.165, 1.54) is 0 Å². The van der Waals surface area contributed by atoms with Crippen LogP contribution in [0.25, 0.3) is 0 Å². The van der Waals surface area contributed by atoms with Gasteiger partial charge < -0.3 is 15.8 Å². The number of carbonyl (C=O) groups is 1. The Morgan fingerprint density at radius 1 is 1.43 bits per heavy atom. The van der Waals surface area contributed by atoms with Crippen LogP contribution in [0, 0.1) is 11.8 Å². The van der Waals surface area contributed by atoms with Crippen LogP contribution in [0.5, 0.6) is 0 Å². The van der Waals surface area contributed by atoms with Crippen molar-refractivity contribution in [3.05, 3.63) is 0 Å². The molecule has 4 heteroatoms. The molecular formula is C10H18N2O2. The highest BCUT2D eigenvalue weighted by Gasteiger charge is 2.34. The third-order valence-corrected chi connectivity index (χ3v) is 3.20. The van der Waals surface area contributed by atoms with Crippen LogP contribution >= 0.6 is 0 Å². The highest BCUT2D eigenvalue weighted by molar-refractivity contribution is 5.79. The van der Waals surface area contributed by atoms with Gasteiger partial charge in [0, 0.05) is 5.92 Å². The van der Waals surface area contributed by atoms with Crippen molar-refractivity contribution in [1.82, 2.24) is 5.32 Å². The standard InChI is InChI=1S/C10H18N2O2/c1-6-2-7(3-6)10(13)12-9-5-14-4-8(9)11/h6-9H,2-5,11H2,1H3,(H,12,13). The molecule has 1 heterocycles. The molecule has 80 valence electrons. The molecule has 14 heavy (non-hydrogen) atoms. The van der Waals surface area contributed by atoms with Crippen LogP contribution < -0.4 is 11.1 Å². The van der Waals surface area contributed by atoms with Gasteiger partial charge >= 0.3 is 0 Å². The Morgan fingerprint density at radius 3 is 2.64 bits per heavy atom. The lowest BCUT2D eigenvalue weighted by atomic mass is 9.75. The van der Waals surface area contributed by atoms with Crippen molar-refractivity contribution in [2.75, 3.05) is 13.2 Å². The first-order chi connectivity index (χ1) is 6.66. The first kappa shape index (κ1) is 9.93. The fourth-order valence-corrected chi connectivity index (χ4v) is 2.14. The number of hydrogen-bond acceptors (Lipinski definition) is 3. The second-order valence-corrected chi connectivity index (χ2v) is 4.59. The van der Waals surface area contributed by atoms with Crippen molar-refractivity contribution < 1.29 is 9.53 Å². The molecule has 2 atom stereocenters. The quantitative estimate of drug-likeness (QED) is 0.650. The summed E-state index contributed by atoms with van der Waals surface area (Å²) in [7, 11) is 0. The van der Waals surface area contributed by atoms with Crippen molar-refractivity contribution in [1.29, 1.82) is 0 Å². The molecule has 0 aromatic heterocycles. The summed E-state index contributed by atoms with van der Waals surface area (Å²) in [6.45, 7) is 3.30. The molecule has 1 aliphatic carbocycles. The number of rotatable bonds is 2. The number of carbonyl (C=O) groups excluding carboxylic acids is 1. The van der Waals surface area contributed by atoms with Gasteiger partial charge in [0.1, 0.15) is 0 Å². The van der Waals surface area contributed by atoms with E-state index in [-0.39, 0.29) is 23.9 Å². The van der Waals surface area contributed by atoms with E-state index in [9.17, 15) is 4.79 Å². The Kier molecular flexibility index (Phi) is 2.74. The van der Waals surface area contributed by atoms with E-state index in [2.05, 4.69) is 12.2 Å².